The Bertz CT molecular complexity index is 350. The molecule has 0 saturated carbocycles. The van der Waals surface area contributed by atoms with E-state index in [-0.39, 0.29) is 4.75 Å². The first-order chi connectivity index (χ1) is 7.61. The maximum absolute atomic E-state index is 5.52. The van der Waals surface area contributed by atoms with Gasteiger partial charge in [0.1, 0.15) is 0 Å². The molecule has 2 rings (SSSR count). The van der Waals surface area contributed by atoms with Gasteiger partial charge in [0.25, 0.3) is 0 Å². The van der Waals surface area contributed by atoms with Crippen LogP contribution >= 0.6 is 11.8 Å². The summed E-state index contributed by atoms with van der Waals surface area (Å²) in [6, 6.07) is 0. The van der Waals surface area contributed by atoms with Gasteiger partial charge in [0.05, 0.1) is 0 Å². The van der Waals surface area contributed by atoms with Crippen LogP contribution in [-0.2, 0) is 6.54 Å². The second-order valence-corrected chi connectivity index (χ2v) is 6.43. The zero-order valence-corrected chi connectivity index (χ0v) is 10.6. The van der Waals surface area contributed by atoms with Crippen LogP contribution in [0.1, 0.15) is 19.4 Å². The minimum absolute atomic E-state index is 0.286. The molecular formula is C11H18N4S. The SMILES string of the molecule is CC1(C)CN(c2ncc(CN)cn2)CCS1. The van der Waals surface area contributed by atoms with Gasteiger partial charge in [0.2, 0.25) is 5.95 Å². The fourth-order valence-electron chi connectivity index (χ4n) is 1.80. The van der Waals surface area contributed by atoms with Crippen molar-refractivity contribution in [1.82, 2.24) is 9.97 Å². The van der Waals surface area contributed by atoms with E-state index < -0.39 is 0 Å². The molecule has 0 bridgehead atoms. The number of rotatable bonds is 2. The number of thioether (sulfide) groups is 1. The average Bonchev–Trinajstić information content (AvgIpc) is 2.28. The summed E-state index contributed by atoms with van der Waals surface area (Å²) in [6.07, 6.45) is 3.63. The number of anilines is 1. The predicted octanol–water partition coefficient (Wildman–Crippen LogP) is 1.27. The topological polar surface area (TPSA) is 55.0 Å². The molecule has 0 spiro atoms. The van der Waals surface area contributed by atoms with E-state index in [1.165, 1.54) is 0 Å². The summed E-state index contributed by atoms with van der Waals surface area (Å²) in [5.41, 5.74) is 6.51. The molecule has 1 aromatic heterocycles. The smallest absolute Gasteiger partial charge is 0.225 e. The maximum Gasteiger partial charge on any atom is 0.225 e. The number of nitrogens with zero attached hydrogens (tertiary/aromatic N) is 3. The highest BCUT2D eigenvalue weighted by Crippen LogP contribution is 2.30. The van der Waals surface area contributed by atoms with Gasteiger partial charge in [-0.05, 0) is 13.8 Å². The Hall–Kier alpha value is -0.810. The molecule has 5 heteroatoms. The Labute approximate surface area is 101 Å². The molecule has 0 amide bonds. The van der Waals surface area contributed by atoms with Crippen molar-refractivity contribution >= 4 is 17.7 Å². The Kier molecular flexibility index (Phi) is 3.35. The second-order valence-electron chi connectivity index (χ2n) is 4.63. The average molecular weight is 238 g/mol. The molecule has 1 aromatic rings. The molecule has 0 radical (unpaired) electrons. The highest BCUT2D eigenvalue weighted by atomic mass is 32.2. The van der Waals surface area contributed by atoms with Crippen LogP contribution in [0.3, 0.4) is 0 Å². The molecule has 0 unspecified atom stereocenters. The molecule has 16 heavy (non-hydrogen) atoms. The fraction of sp³-hybridized carbons (Fsp3) is 0.636. The Balaban J connectivity index is 2.11. The van der Waals surface area contributed by atoms with Crippen LogP contribution in [0, 0.1) is 0 Å². The lowest BCUT2D eigenvalue weighted by atomic mass is 10.2. The van der Waals surface area contributed by atoms with Crippen molar-refractivity contribution < 1.29 is 0 Å². The van der Waals surface area contributed by atoms with Gasteiger partial charge in [-0.1, -0.05) is 0 Å². The van der Waals surface area contributed by atoms with Crippen LogP contribution in [0.4, 0.5) is 5.95 Å². The molecule has 1 fully saturated rings. The summed E-state index contributed by atoms with van der Waals surface area (Å²) in [7, 11) is 0. The van der Waals surface area contributed by atoms with E-state index in [9.17, 15) is 0 Å². The minimum atomic E-state index is 0.286. The lowest BCUT2D eigenvalue weighted by molar-refractivity contribution is 0.635. The van der Waals surface area contributed by atoms with Crippen LogP contribution < -0.4 is 10.6 Å². The summed E-state index contributed by atoms with van der Waals surface area (Å²) in [5, 5.41) is 0. The summed E-state index contributed by atoms with van der Waals surface area (Å²) < 4.78 is 0.286. The summed E-state index contributed by atoms with van der Waals surface area (Å²) >= 11 is 2.01. The monoisotopic (exact) mass is 238 g/mol. The maximum atomic E-state index is 5.52. The third-order valence-electron chi connectivity index (χ3n) is 2.64. The highest BCUT2D eigenvalue weighted by Gasteiger charge is 2.28. The van der Waals surface area contributed by atoms with Gasteiger partial charge in [-0.15, -0.1) is 0 Å². The van der Waals surface area contributed by atoms with Gasteiger partial charge in [0, 0.05) is 48.1 Å². The van der Waals surface area contributed by atoms with Gasteiger partial charge in [-0.2, -0.15) is 11.8 Å². The number of hydrogen-bond acceptors (Lipinski definition) is 5. The predicted molar refractivity (Wildman–Crippen MR) is 68.7 cm³/mol. The number of nitrogens with two attached hydrogens (primary N) is 1. The molecule has 1 aliphatic rings. The molecule has 2 N–H and O–H groups in total. The van der Waals surface area contributed by atoms with Gasteiger partial charge in [-0.25, -0.2) is 9.97 Å². The molecule has 2 heterocycles. The first-order valence-electron chi connectivity index (χ1n) is 5.51. The van der Waals surface area contributed by atoms with Gasteiger partial charge >= 0.3 is 0 Å². The van der Waals surface area contributed by atoms with Crippen molar-refractivity contribution in [3.8, 4) is 0 Å². The van der Waals surface area contributed by atoms with Gasteiger partial charge < -0.3 is 10.6 Å². The normalized spacial score (nSPS) is 19.8. The van der Waals surface area contributed by atoms with Crippen LogP contribution in [-0.4, -0.2) is 33.6 Å². The third-order valence-corrected chi connectivity index (χ3v) is 3.93. The summed E-state index contributed by atoms with van der Waals surface area (Å²) in [4.78, 5) is 11.0. The molecular weight excluding hydrogens is 220 g/mol. The van der Waals surface area contributed by atoms with E-state index in [1.54, 1.807) is 0 Å². The third kappa shape index (κ3) is 2.65. The van der Waals surface area contributed by atoms with E-state index in [4.69, 9.17) is 5.73 Å². The number of hydrogen-bond donors (Lipinski definition) is 1. The summed E-state index contributed by atoms with van der Waals surface area (Å²) in [5.74, 6) is 1.96. The van der Waals surface area contributed by atoms with Crippen molar-refractivity contribution in [3.63, 3.8) is 0 Å². The quantitative estimate of drug-likeness (QED) is 0.841. The zero-order chi connectivity index (χ0) is 11.6. The minimum Gasteiger partial charge on any atom is -0.339 e. The lowest BCUT2D eigenvalue weighted by Crippen LogP contribution is -2.43. The van der Waals surface area contributed by atoms with Gasteiger partial charge in [-0.3, -0.25) is 0 Å². The van der Waals surface area contributed by atoms with Crippen LogP contribution in [0.2, 0.25) is 0 Å². The lowest BCUT2D eigenvalue weighted by Gasteiger charge is -2.37. The first-order valence-corrected chi connectivity index (χ1v) is 6.49. The van der Waals surface area contributed by atoms with E-state index in [2.05, 4.69) is 28.7 Å². The van der Waals surface area contributed by atoms with Crippen molar-refractivity contribution in [3.05, 3.63) is 18.0 Å². The second kappa shape index (κ2) is 4.59. The van der Waals surface area contributed by atoms with Crippen LogP contribution in [0.25, 0.3) is 0 Å². The molecule has 4 nitrogen and oxygen atoms in total. The molecule has 1 aliphatic heterocycles. The number of aromatic nitrogens is 2. The van der Waals surface area contributed by atoms with Crippen molar-refractivity contribution in [2.45, 2.75) is 25.1 Å². The van der Waals surface area contributed by atoms with Crippen molar-refractivity contribution in [2.24, 2.45) is 5.73 Å². The Morgan fingerprint density at radius 3 is 2.69 bits per heavy atom. The van der Waals surface area contributed by atoms with Crippen LogP contribution in [0.15, 0.2) is 12.4 Å². The summed E-state index contributed by atoms with van der Waals surface area (Å²) in [6.45, 7) is 7.05. The standard InChI is InChI=1S/C11H18N4S/c1-11(2)8-15(3-4-16-11)10-13-6-9(5-12)7-14-10/h6-7H,3-5,8,12H2,1-2H3. The van der Waals surface area contributed by atoms with Gasteiger partial charge in [0.15, 0.2) is 0 Å². The Morgan fingerprint density at radius 2 is 2.12 bits per heavy atom. The molecule has 0 aromatic carbocycles. The van der Waals surface area contributed by atoms with E-state index in [0.29, 0.717) is 6.54 Å². The highest BCUT2D eigenvalue weighted by molar-refractivity contribution is 8.00. The fourth-order valence-corrected chi connectivity index (χ4v) is 2.92. The molecule has 0 aliphatic carbocycles. The van der Waals surface area contributed by atoms with Crippen LogP contribution in [0.5, 0.6) is 0 Å². The van der Waals surface area contributed by atoms with E-state index >= 15 is 0 Å². The van der Waals surface area contributed by atoms with Crippen molar-refractivity contribution in [2.75, 3.05) is 23.7 Å². The van der Waals surface area contributed by atoms with Crippen molar-refractivity contribution in [1.29, 1.82) is 0 Å². The molecule has 0 atom stereocenters. The van der Waals surface area contributed by atoms with E-state index in [1.807, 2.05) is 24.2 Å². The largest absolute Gasteiger partial charge is 0.339 e. The first kappa shape index (κ1) is 11.7. The Morgan fingerprint density at radius 1 is 1.44 bits per heavy atom. The molecule has 88 valence electrons. The molecule has 1 saturated heterocycles. The zero-order valence-electron chi connectivity index (χ0n) is 9.81. The van der Waals surface area contributed by atoms with E-state index in [0.717, 1.165) is 30.4 Å².